The van der Waals surface area contributed by atoms with Crippen LogP contribution >= 0.6 is 22.9 Å². The Labute approximate surface area is 105 Å². The van der Waals surface area contributed by atoms with Crippen molar-refractivity contribution in [2.45, 2.75) is 26.2 Å². The number of carbonyl (C=O) groups is 1. The van der Waals surface area contributed by atoms with Gasteiger partial charge in [0.05, 0.1) is 9.90 Å². The lowest BCUT2D eigenvalue weighted by atomic mass is 9.78. The minimum atomic E-state index is -0.178. The van der Waals surface area contributed by atoms with Gasteiger partial charge in [0.25, 0.3) is 0 Å². The summed E-state index contributed by atoms with van der Waals surface area (Å²) in [7, 11) is 0. The van der Waals surface area contributed by atoms with Gasteiger partial charge in [0.15, 0.2) is 5.78 Å². The number of hydrogen-bond donors (Lipinski definition) is 1. The molecule has 88 valence electrons. The van der Waals surface area contributed by atoms with Crippen molar-refractivity contribution in [1.29, 1.82) is 0 Å². The van der Waals surface area contributed by atoms with Crippen molar-refractivity contribution in [3.8, 4) is 0 Å². The molecule has 1 aromatic heterocycles. The molecule has 0 aliphatic carbocycles. The minimum Gasteiger partial charge on any atom is -0.316 e. The van der Waals surface area contributed by atoms with Crippen LogP contribution in [0.15, 0.2) is 11.4 Å². The van der Waals surface area contributed by atoms with E-state index in [0.29, 0.717) is 5.02 Å². The summed E-state index contributed by atoms with van der Waals surface area (Å²) in [6, 6.07) is 1.80. The summed E-state index contributed by atoms with van der Waals surface area (Å²) in [4.78, 5) is 13.3. The number of halogens is 1. The molecule has 4 heteroatoms. The molecule has 2 rings (SSSR count). The van der Waals surface area contributed by atoms with E-state index in [2.05, 4.69) is 12.2 Å². The van der Waals surface area contributed by atoms with Crippen LogP contribution in [0.3, 0.4) is 0 Å². The van der Waals surface area contributed by atoms with Crippen molar-refractivity contribution in [3.05, 3.63) is 21.3 Å². The maximum absolute atomic E-state index is 12.5. The van der Waals surface area contributed by atoms with Gasteiger partial charge in [0.2, 0.25) is 0 Å². The number of carbonyl (C=O) groups excluding carboxylic acids is 1. The largest absolute Gasteiger partial charge is 0.316 e. The molecule has 1 N–H and O–H groups in total. The fourth-order valence-electron chi connectivity index (χ4n) is 2.44. The monoisotopic (exact) mass is 257 g/mol. The maximum atomic E-state index is 12.5. The summed E-state index contributed by atoms with van der Waals surface area (Å²) < 4.78 is 0. The lowest BCUT2D eigenvalue weighted by Crippen LogP contribution is -2.33. The molecule has 0 amide bonds. The Kier molecular flexibility index (Phi) is 3.67. The third-order valence-electron chi connectivity index (χ3n) is 3.25. The highest BCUT2D eigenvalue weighted by atomic mass is 35.5. The molecule has 1 unspecified atom stereocenters. The molecule has 0 radical (unpaired) electrons. The molecule has 1 saturated heterocycles. The number of rotatable bonds is 4. The first-order valence-electron chi connectivity index (χ1n) is 5.67. The summed E-state index contributed by atoms with van der Waals surface area (Å²) in [5.41, 5.74) is -0.178. The average Bonchev–Trinajstić information content (AvgIpc) is 2.87. The van der Waals surface area contributed by atoms with Gasteiger partial charge in [-0.25, -0.2) is 0 Å². The van der Waals surface area contributed by atoms with E-state index in [1.165, 1.54) is 11.3 Å². The standard InChI is InChI=1S/C12H16ClNOS/c1-2-3-12(4-5-14-8-12)11(15)10-6-9(13)7-16-10/h6-7,14H,2-5,8H2,1H3. The molecule has 1 fully saturated rings. The topological polar surface area (TPSA) is 29.1 Å². The Bertz CT molecular complexity index is 382. The van der Waals surface area contributed by atoms with Gasteiger partial charge in [-0.15, -0.1) is 11.3 Å². The van der Waals surface area contributed by atoms with Crippen molar-refractivity contribution in [3.63, 3.8) is 0 Å². The smallest absolute Gasteiger partial charge is 0.180 e. The molecule has 0 bridgehead atoms. The fraction of sp³-hybridized carbons (Fsp3) is 0.583. The molecule has 1 aromatic rings. The van der Waals surface area contributed by atoms with Gasteiger partial charge >= 0.3 is 0 Å². The second-order valence-corrected chi connectivity index (χ2v) is 5.76. The highest BCUT2D eigenvalue weighted by Crippen LogP contribution is 2.36. The molecule has 1 atom stereocenters. The molecular weight excluding hydrogens is 242 g/mol. The first-order valence-corrected chi connectivity index (χ1v) is 6.93. The number of hydrogen-bond acceptors (Lipinski definition) is 3. The summed E-state index contributed by atoms with van der Waals surface area (Å²) in [5, 5.41) is 5.81. The molecule has 1 aliphatic heterocycles. The molecule has 0 aromatic carbocycles. The van der Waals surface area contributed by atoms with Gasteiger partial charge < -0.3 is 5.32 Å². The van der Waals surface area contributed by atoms with E-state index in [9.17, 15) is 4.79 Å². The fourth-order valence-corrected chi connectivity index (χ4v) is 3.57. The Balaban J connectivity index is 2.23. The van der Waals surface area contributed by atoms with Crippen molar-refractivity contribution in [2.24, 2.45) is 5.41 Å². The Morgan fingerprint density at radius 2 is 2.50 bits per heavy atom. The highest BCUT2D eigenvalue weighted by Gasteiger charge is 2.40. The lowest BCUT2D eigenvalue weighted by Gasteiger charge is -2.25. The predicted molar refractivity (Wildman–Crippen MR) is 68.5 cm³/mol. The zero-order chi connectivity index (χ0) is 11.6. The zero-order valence-corrected chi connectivity index (χ0v) is 11.0. The maximum Gasteiger partial charge on any atom is 0.180 e. The zero-order valence-electron chi connectivity index (χ0n) is 9.38. The number of thiophene rings is 1. The van der Waals surface area contributed by atoms with Gasteiger partial charge in [-0.2, -0.15) is 0 Å². The van der Waals surface area contributed by atoms with Crippen LogP contribution in [-0.2, 0) is 0 Å². The van der Waals surface area contributed by atoms with Crippen molar-refractivity contribution < 1.29 is 4.79 Å². The van der Waals surface area contributed by atoms with Gasteiger partial charge in [0, 0.05) is 17.3 Å². The molecule has 1 aliphatic rings. The van der Waals surface area contributed by atoms with Crippen LogP contribution in [0.25, 0.3) is 0 Å². The minimum absolute atomic E-state index is 0.178. The average molecular weight is 258 g/mol. The molecule has 0 saturated carbocycles. The number of ketones is 1. The highest BCUT2D eigenvalue weighted by molar-refractivity contribution is 7.12. The second-order valence-electron chi connectivity index (χ2n) is 4.42. The second kappa shape index (κ2) is 4.86. The van der Waals surface area contributed by atoms with Crippen LogP contribution in [-0.4, -0.2) is 18.9 Å². The first-order chi connectivity index (χ1) is 7.68. The van der Waals surface area contributed by atoms with Crippen LogP contribution in [0.4, 0.5) is 0 Å². The van der Waals surface area contributed by atoms with Crippen LogP contribution < -0.4 is 5.32 Å². The Hall–Kier alpha value is -0.380. The first kappa shape index (κ1) is 12.1. The van der Waals surface area contributed by atoms with Gasteiger partial charge in [-0.1, -0.05) is 24.9 Å². The Morgan fingerprint density at radius 1 is 1.69 bits per heavy atom. The van der Waals surface area contributed by atoms with Gasteiger partial charge in [-0.05, 0) is 25.5 Å². The van der Waals surface area contributed by atoms with Gasteiger partial charge in [-0.3, -0.25) is 4.79 Å². The summed E-state index contributed by atoms with van der Waals surface area (Å²) >= 11 is 7.34. The summed E-state index contributed by atoms with van der Waals surface area (Å²) in [5.74, 6) is 0.274. The lowest BCUT2D eigenvalue weighted by molar-refractivity contribution is 0.0806. The van der Waals surface area contributed by atoms with Crippen LogP contribution in [0.1, 0.15) is 35.9 Å². The van der Waals surface area contributed by atoms with E-state index in [4.69, 9.17) is 11.6 Å². The molecule has 0 spiro atoms. The third kappa shape index (κ3) is 2.17. The van der Waals surface area contributed by atoms with E-state index in [1.54, 1.807) is 6.07 Å². The summed E-state index contributed by atoms with van der Waals surface area (Å²) in [6.07, 6.45) is 2.97. The summed E-state index contributed by atoms with van der Waals surface area (Å²) in [6.45, 7) is 3.90. The normalized spacial score (nSPS) is 24.9. The van der Waals surface area contributed by atoms with Crippen LogP contribution in [0.2, 0.25) is 5.02 Å². The van der Waals surface area contributed by atoms with Crippen molar-refractivity contribution >= 4 is 28.7 Å². The molecule has 16 heavy (non-hydrogen) atoms. The quantitative estimate of drug-likeness (QED) is 0.838. The molecule has 2 heterocycles. The predicted octanol–water partition coefficient (Wildman–Crippen LogP) is 3.36. The van der Waals surface area contributed by atoms with Crippen molar-refractivity contribution in [1.82, 2.24) is 5.32 Å². The van der Waals surface area contributed by atoms with Crippen LogP contribution in [0.5, 0.6) is 0 Å². The molecule has 2 nitrogen and oxygen atoms in total. The SMILES string of the molecule is CCCC1(C(=O)c2cc(Cl)cs2)CCNC1. The van der Waals surface area contributed by atoms with E-state index in [1.807, 2.05) is 5.38 Å². The number of nitrogens with one attached hydrogen (secondary N) is 1. The van der Waals surface area contributed by atoms with Crippen LogP contribution in [0, 0.1) is 5.41 Å². The van der Waals surface area contributed by atoms with E-state index in [0.717, 1.165) is 37.2 Å². The van der Waals surface area contributed by atoms with E-state index in [-0.39, 0.29) is 11.2 Å². The van der Waals surface area contributed by atoms with Gasteiger partial charge in [0.1, 0.15) is 0 Å². The van der Waals surface area contributed by atoms with Crippen molar-refractivity contribution in [2.75, 3.05) is 13.1 Å². The van der Waals surface area contributed by atoms with E-state index >= 15 is 0 Å². The van der Waals surface area contributed by atoms with E-state index < -0.39 is 0 Å². The third-order valence-corrected chi connectivity index (χ3v) is 4.52. The molecular formula is C12H16ClNOS. The Morgan fingerprint density at radius 3 is 3.00 bits per heavy atom. The number of Topliss-reactive ketones (excluding diaryl/α,β-unsaturated/α-hetero) is 1.